The number of nitrogens with zero attached hydrogens (tertiary/aromatic N) is 6. The van der Waals surface area contributed by atoms with Crippen molar-refractivity contribution in [2.24, 2.45) is 0 Å². The van der Waals surface area contributed by atoms with Crippen molar-refractivity contribution in [3.63, 3.8) is 0 Å². The highest BCUT2D eigenvalue weighted by Crippen LogP contribution is 2.38. The molecule has 2 aromatic heterocycles. The van der Waals surface area contributed by atoms with Crippen LogP contribution in [0.1, 0.15) is 60.9 Å². The van der Waals surface area contributed by atoms with Crippen LogP contribution in [0.25, 0.3) is 0 Å². The average molecular weight is 341 g/mol. The van der Waals surface area contributed by atoms with Crippen molar-refractivity contribution in [3.05, 3.63) is 30.0 Å². The molecule has 0 unspecified atom stereocenters. The van der Waals surface area contributed by atoms with E-state index in [1.807, 2.05) is 19.3 Å². The van der Waals surface area contributed by atoms with E-state index in [4.69, 9.17) is 0 Å². The molecule has 1 saturated carbocycles. The van der Waals surface area contributed by atoms with Gasteiger partial charge in [0.2, 0.25) is 0 Å². The number of carbonyl (C=O) groups is 1. The molecule has 3 heterocycles. The monoisotopic (exact) mass is 341 g/mol. The first-order valence-electron chi connectivity index (χ1n) is 9.02. The zero-order valence-corrected chi connectivity index (χ0v) is 14.4. The van der Waals surface area contributed by atoms with Crippen LogP contribution in [0.4, 0.5) is 5.82 Å². The van der Waals surface area contributed by atoms with E-state index in [-0.39, 0.29) is 5.91 Å². The second-order valence-electron chi connectivity index (χ2n) is 6.75. The van der Waals surface area contributed by atoms with Crippen molar-refractivity contribution >= 4 is 11.7 Å². The van der Waals surface area contributed by atoms with E-state index in [1.54, 1.807) is 6.07 Å². The standard InChI is InChI=1S/C17H23N7O/c1-2-18-17(25)14-7-8-15(21-20-14)23-9-3-4-12(10-23)16-22-19-11-24(16)13-5-6-13/h7-8,11-13H,2-6,9-10H2,1H3,(H,18,25)/t12-/m1/s1. The Hall–Kier alpha value is -2.51. The Labute approximate surface area is 146 Å². The van der Waals surface area contributed by atoms with Crippen LogP contribution in [0.5, 0.6) is 0 Å². The average Bonchev–Trinajstić information content (AvgIpc) is 3.38. The molecule has 1 amide bonds. The molecule has 2 fully saturated rings. The third kappa shape index (κ3) is 3.33. The van der Waals surface area contributed by atoms with Crippen LogP contribution in [-0.4, -0.2) is 50.5 Å². The number of hydrogen-bond acceptors (Lipinski definition) is 6. The first-order chi connectivity index (χ1) is 12.3. The Morgan fingerprint density at radius 1 is 1.24 bits per heavy atom. The number of anilines is 1. The lowest BCUT2D eigenvalue weighted by molar-refractivity contribution is 0.0950. The van der Waals surface area contributed by atoms with Gasteiger partial charge in [-0.2, -0.15) is 0 Å². The number of piperidine rings is 1. The van der Waals surface area contributed by atoms with Gasteiger partial charge in [0.05, 0.1) is 0 Å². The minimum atomic E-state index is -0.185. The van der Waals surface area contributed by atoms with Gasteiger partial charge in [-0.15, -0.1) is 20.4 Å². The highest BCUT2D eigenvalue weighted by Gasteiger charge is 2.31. The summed E-state index contributed by atoms with van der Waals surface area (Å²) in [6.07, 6.45) is 6.53. The first kappa shape index (κ1) is 16.0. The van der Waals surface area contributed by atoms with Gasteiger partial charge in [0.15, 0.2) is 11.5 Å². The van der Waals surface area contributed by atoms with Gasteiger partial charge >= 0.3 is 0 Å². The number of rotatable bonds is 5. The van der Waals surface area contributed by atoms with Crippen molar-refractivity contribution in [1.82, 2.24) is 30.3 Å². The number of hydrogen-bond donors (Lipinski definition) is 1. The first-order valence-corrected chi connectivity index (χ1v) is 9.02. The van der Waals surface area contributed by atoms with Crippen LogP contribution in [-0.2, 0) is 0 Å². The van der Waals surface area contributed by atoms with Gasteiger partial charge < -0.3 is 14.8 Å². The van der Waals surface area contributed by atoms with Crippen molar-refractivity contribution in [2.45, 2.75) is 44.6 Å². The normalized spacial score (nSPS) is 20.5. The summed E-state index contributed by atoms with van der Waals surface area (Å²) in [4.78, 5) is 14.0. The van der Waals surface area contributed by atoms with Crippen molar-refractivity contribution in [1.29, 1.82) is 0 Å². The van der Waals surface area contributed by atoms with Gasteiger partial charge in [0.1, 0.15) is 12.2 Å². The SMILES string of the molecule is CCNC(=O)c1ccc(N2CCC[C@@H](c3nncn3C3CC3)C2)nn1. The third-order valence-corrected chi connectivity index (χ3v) is 4.87. The molecule has 132 valence electrons. The summed E-state index contributed by atoms with van der Waals surface area (Å²) < 4.78 is 2.25. The largest absolute Gasteiger partial charge is 0.354 e. The van der Waals surface area contributed by atoms with E-state index in [0.29, 0.717) is 24.2 Å². The molecule has 2 aliphatic rings. The predicted molar refractivity (Wildman–Crippen MR) is 92.5 cm³/mol. The molecule has 0 spiro atoms. The Balaban J connectivity index is 1.47. The smallest absolute Gasteiger partial charge is 0.271 e. The quantitative estimate of drug-likeness (QED) is 0.887. The van der Waals surface area contributed by atoms with Gasteiger partial charge in [-0.3, -0.25) is 4.79 Å². The number of aromatic nitrogens is 5. The van der Waals surface area contributed by atoms with Crippen LogP contribution in [0, 0.1) is 0 Å². The van der Waals surface area contributed by atoms with Gasteiger partial charge in [0.25, 0.3) is 5.91 Å². The Bertz CT molecular complexity index is 738. The molecule has 0 aromatic carbocycles. The van der Waals surface area contributed by atoms with Crippen molar-refractivity contribution < 1.29 is 4.79 Å². The lowest BCUT2D eigenvalue weighted by Crippen LogP contribution is -2.36. The molecule has 0 bridgehead atoms. The maximum Gasteiger partial charge on any atom is 0.271 e. The van der Waals surface area contributed by atoms with Crippen molar-refractivity contribution in [2.75, 3.05) is 24.5 Å². The van der Waals surface area contributed by atoms with E-state index >= 15 is 0 Å². The van der Waals surface area contributed by atoms with E-state index in [9.17, 15) is 4.79 Å². The number of carbonyl (C=O) groups excluding carboxylic acids is 1. The number of amides is 1. The molecule has 1 N–H and O–H groups in total. The van der Waals surface area contributed by atoms with Crippen LogP contribution < -0.4 is 10.2 Å². The molecule has 8 heteroatoms. The van der Waals surface area contributed by atoms with E-state index < -0.39 is 0 Å². The van der Waals surface area contributed by atoms with Crippen LogP contribution >= 0.6 is 0 Å². The molecular weight excluding hydrogens is 318 g/mol. The van der Waals surface area contributed by atoms with Crippen LogP contribution in [0.2, 0.25) is 0 Å². The Morgan fingerprint density at radius 3 is 2.84 bits per heavy atom. The highest BCUT2D eigenvalue weighted by atomic mass is 16.1. The predicted octanol–water partition coefficient (Wildman–Crippen LogP) is 1.54. The van der Waals surface area contributed by atoms with Gasteiger partial charge in [-0.1, -0.05) is 0 Å². The summed E-state index contributed by atoms with van der Waals surface area (Å²) in [5.74, 6) is 2.09. The molecule has 8 nitrogen and oxygen atoms in total. The Kier molecular flexibility index (Phi) is 4.33. The fourth-order valence-electron chi connectivity index (χ4n) is 3.44. The molecule has 4 rings (SSSR count). The van der Waals surface area contributed by atoms with Gasteiger partial charge in [-0.25, -0.2) is 0 Å². The van der Waals surface area contributed by atoms with Crippen molar-refractivity contribution in [3.8, 4) is 0 Å². The molecule has 1 aliphatic carbocycles. The molecule has 0 radical (unpaired) electrons. The number of nitrogens with one attached hydrogen (secondary N) is 1. The van der Waals surface area contributed by atoms with E-state index in [0.717, 1.165) is 37.6 Å². The summed E-state index contributed by atoms with van der Waals surface area (Å²) in [5.41, 5.74) is 0.354. The maximum absolute atomic E-state index is 11.8. The van der Waals surface area contributed by atoms with Crippen LogP contribution in [0.15, 0.2) is 18.5 Å². The summed E-state index contributed by atoms with van der Waals surface area (Å²) in [6, 6.07) is 4.21. The zero-order chi connectivity index (χ0) is 17.2. The van der Waals surface area contributed by atoms with Gasteiger partial charge in [-0.05, 0) is 44.7 Å². The summed E-state index contributed by atoms with van der Waals surface area (Å²) in [5, 5.41) is 19.6. The van der Waals surface area contributed by atoms with Gasteiger partial charge in [0, 0.05) is 31.6 Å². The minimum Gasteiger partial charge on any atom is -0.354 e. The second-order valence-corrected chi connectivity index (χ2v) is 6.75. The fraction of sp³-hybridized carbons (Fsp3) is 0.588. The molecule has 1 aliphatic heterocycles. The molecule has 1 saturated heterocycles. The van der Waals surface area contributed by atoms with E-state index in [2.05, 4.69) is 35.2 Å². The minimum absolute atomic E-state index is 0.185. The summed E-state index contributed by atoms with van der Waals surface area (Å²) in [6.45, 7) is 4.27. The van der Waals surface area contributed by atoms with Crippen LogP contribution in [0.3, 0.4) is 0 Å². The van der Waals surface area contributed by atoms with E-state index in [1.165, 1.54) is 12.8 Å². The molecule has 25 heavy (non-hydrogen) atoms. The summed E-state index contributed by atoms with van der Waals surface area (Å²) in [7, 11) is 0. The second kappa shape index (κ2) is 6.78. The topological polar surface area (TPSA) is 88.8 Å². The highest BCUT2D eigenvalue weighted by molar-refractivity contribution is 5.92. The third-order valence-electron chi connectivity index (χ3n) is 4.87. The molecule has 2 aromatic rings. The Morgan fingerprint density at radius 2 is 2.12 bits per heavy atom. The maximum atomic E-state index is 11.8. The fourth-order valence-corrected chi connectivity index (χ4v) is 3.44. The molecular formula is C17H23N7O. The molecule has 1 atom stereocenters. The lowest BCUT2D eigenvalue weighted by atomic mass is 9.97. The lowest BCUT2D eigenvalue weighted by Gasteiger charge is -2.32. The summed E-state index contributed by atoms with van der Waals surface area (Å²) >= 11 is 0. The zero-order valence-electron chi connectivity index (χ0n) is 14.4.